The molecule has 1 saturated heterocycles. The van der Waals surface area contributed by atoms with Crippen LogP contribution in [-0.4, -0.2) is 66.4 Å². The largest absolute Gasteiger partial charge is 0.465 e. The van der Waals surface area contributed by atoms with E-state index < -0.39 is 6.09 Å². The van der Waals surface area contributed by atoms with E-state index in [0.717, 1.165) is 45.5 Å². The van der Waals surface area contributed by atoms with Gasteiger partial charge in [0.05, 0.1) is 6.61 Å². The molecular weight excluding hydrogens is 328 g/mol. The van der Waals surface area contributed by atoms with Gasteiger partial charge in [0, 0.05) is 44.7 Å². The van der Waals surface area contributed by atoms with Gasteiger partial charge >= 0.3 is 6.09 Å². The maximum Gasteiger partial charge on any atom is 0.407 e. The van der Waals surface area contributed by atoms with E-state index in [2.05, 4.69) is 30.0 Å². The van der Waals surface area contributed by atoms with Crippen molar-refractivity contribution in [3.05, 3.63) is 41.5 Å². The van der Waals surface area contributed by atoms with Gasteiger partial charge in [-0.15, -0.1) is 0 Å². The number of piperidine rings is 1. The molecular formula is C21H30N2O3. The number of benzene rings is 1. The van der Waals surface area contributed by atoms with Gasteiger partial charge in [-0.2, -0.15) is 0 Å². The van der Waals surface area contributed by atoms with Crippen LogP contribution in [0.1, 0.15) is 31.7 Å². The number of carbonyl (C=O) groups is 1. The van der Waals surface area contributed by atoms with Crippen LogP contribution >= 0.6 is 0 Å². The van der Waals surface area contributed by atoms with Crippen LogP contribution in [-0.2, 0) is 4.74 Å². The fourth-order valence-electron chi connectivity index (χ4n) is 4.11. The lowest BCUT2D eigenvalue weighted by Gasteiger charge is -2.37. The summed E-state index contributed by atoms with van der Waals surface area (Å²) in [4.78, 5) is 16.0. The number of ether oxygens (including phenoxy) is 1. The minimum atomic E-state index is -0.764. The Morgan fingerprint density at radius 3 is 2.62 bits per heavy atom. The summed E-state index contributed by atoms with van der Waals surface area (Å²) in [6.45, 7) is 5.70. The van der Waals surface area contributed by atoms with Gasteiger partial charge in [-0.05, 0) is 31.7 Å². The highest BCUT2D eigenvalue weighted by Crippen LogP contribution is 2.44. The third-order valence-corrected chi connectivity index (χ3v) is 5.68. The monoisotopic (exact) mass is 358 g/mol. The Morgan fingerprint density at radius 1 is 1.31 bits per heavy atom. The number of hydrogen-bond donors (Lipinski definition) is 1. The van der Waals surface area contributed by atoms with Crippen molar-refractivity contribution in [1.29, 1.82) is 0 Å². The quantitative estimate of drug-likeness (QED) is 0.810. The lowest BCUT2D eigenvalue weighted by molar-refractivity contribution is 0.0738. The molecule has 0 bridgehead atoms. The first-order chi connectivity index (χ1) is 12.6. The van der Waals surface area contributed by atoms with E-state index in [1.54, 1.807) is 12.0 Å². The number of carboxylic acid groups (broad SMARTS) is 1. The SMILES string of the molecule is COCCN1CCC(N(C(=O)O)[C@@H]2C[C@H]2/C(C)=C/c2ccccc2)CC1. The molecule has 1 aromatic carbocycles. The molecule has 1 aliphatic carbocycles. The molecule has 5 nitrogen and oxygen atoms in total. The van der Waals surface area contributed by atoms with E-state index in [0.29, 0.717) is 5.92 Å². The molecule has 1 aromatic rings. The van der Waals surface area contributed by atoms with Crippen molar-refractivity contribution >= 4 is 12.2 Å². The van der Waals surface area contributed by atoms with Gasteiger partial charge in [0.2, 0.25) is 0 Å². The Balaban J connectivity index is 1.58. The molecule has 1 saturated carbocycles. The smallest absolute Gasteiger partial charge is 0.407 e. The Labute approximate surface area is 156 Å². The molecule has 3 rings (SSSR count). The molecule has 5 heteroatoms. The summed E-state index contributed by atoms with van der Waals surface area (Å²) < 4.78 is 5.14. The first kappa shape index (κ1) is 18.9. The molecule has 142 valence electrons. The summed E-state index contributed by atoms with van der Waals surface area (Å²) in [6.07, 6.45) is 4.21. The first-order valence-corrected chi connectivity index (χ1v) is 9.56. The van der Waals surface area contributed by atoms with E-state index >= 15 is 0 Å². The Bertz CT molecular complexity index is 623. The fraction of sp³-hybridized carbons (Fsp3) is 0.571. The van der Waals surface area contributed by atoms with Crippen molar-refractivity contribution in [2.75, 3.05) is 33.4 Å². The van der Waals surface area contributed by atoms with Crippen LogP contribution in [0.4, 0.5) is 4.79 Å². The number of nitrogens with zero attached hydrogens (tertiary/aromatic N) is 2. The van der Waals surface area contributed by atoms with Crippen molar-refractivity contribution in [3.63, 3.8) is 0 Å². The Kier molecular flexibility index (Phi) is 6.33. The van der Waals surface area contributed by atoms with Crippen LogP contribution in [0, 0.1) is 5.92 Å². The average Bonchev–Trinajstić information content (AvgIpc) is 3.42. The summed E-state index contributed by atoms with van der Waals surface area (Å²) in [7, 11) is 1.72. The molecule has 2 atom stereocenters. The topological polar surface area (TPSA) is 53.0 Å². The predicted molar refractivity (Wildman–Crippen MR) is 103 cm³/mol. The van der Waals surface area contributed by atoms with Crippen LogP contribution in [0.2, 0.25) is 0 Å². The number of methoxy groups -OCH3 is 1. The third kappa shape index (κ3) is 4.65. The predicted octanol–water partition coefficient (Wildman–Crippen LogP) is 3.57. The van der Waals surface area contributed by atoms with Crippen molar-refractivity contribution in [3.8, 4) is 0 Å². The maximum atomic E-state index is 11.9. The van der Waals surface area contributed by atoms with Gasteiger partial charge in [-0.3, -0.25) is 0 Å². The fourth-order valence-corrected chi connectivity index (χ4v) is 4.11. The van der Waals surface area contributed by atoms with Crippen LogP contribution in [0.5, 0.6) is 0 Å². The first-order valence-electron chi connectivity index (χ1n) is 9.56. The Morgan fingerprint density at radius 2 is 2.00 bits per heavy atom. The number of hydrogen-bond acceptors (Lipinski definition) is 3. The normalized spacial score (nSPS) is 24.5. The van der Waals surface area contributed by atoms with E-state index in [1.807, 2.05) is 18.2 Å². The third-order valence-electron chi connectivity index (χ3n) is 5.68. The van der Waals surface area contributed by atoms with Crippen LogP contribution in [0.25, 0.3) is 6.08 Å². The number of amides is 1. The molecule has 0 radical (unpaired) electrons. The summed E-state index contributed by atoms with van der Waals surface area (Å²) in [5.41, 5.74) is 2.47. The Hall–Kier alpha value is -1.85. The molecule has 0 spiro atoms. The minimum absolute atomic E-state index is 0.142. The second kappa shape index (κ2) is 8.69. The van der Waals surface area contributed by atoms with Gasteiger partial charge in [-0.25, -0.2) is 4.79 Å². The number of likely N-dealkylation sites (tertiary alicyclic amines) is 1. The van der Waals surface area contributed by atoms with Gasteiger partial charge in [-0.1, -0.05) is 42.0 Å². The molecule has 2 aliphatic rings. The zero-order valence-corrected chi connectivity index (χ0v) is 15.8. The number of rotatable bonds is 7. The standard InChI is InChI=1S/C21H30N2O3/c1-16(14-17-6-4-3-5-7-17)19-15-20(19)23(21(24)25)18-8-10-22(11-9-18)12-13-26-2/h3-7,14,18-20H,8-13,15H2,1-2H3,(H,24,25)/b16-14+/t19-,20+/m0/s1. The lowest BCUT2D eigenvalue weighted by Crippen LogP contribution is -2.48. The minimum Gasteiger partial charge on any atom is -0.465 e. The van der Waals surface area contributed by atoms with E-state index in [4.69, 9.17) is 4.74 Å². The highest BCUT2D eigenvalue weighted by molar-refractivity contribution is 5.67. The van der Waals surface area contributed by atoms with Gasteiger partial charge in [0.1, 0.15) is 0 Å². The highest BCUT2D eigenvalue weighted by Gasteiger charge is 2.47. The summed E-state index contributed by atoms with van der Waals surface area (Å²) in [6, 6.07) is 10.5. The molecule has 0 aromatic heterocycles. The van der Waals surface area contributed by atoms with Crippen molar-refractivity contribution in [2.24, 2.45) is 5.92 Å². The van der Waals surface area contributed by atoms with Crippen LogP contribution in [0.3, 0.4) is 0 Å². The molecule has 26 heavy (non-hydrogen) atoms. The summed E-state index contributed by atoms with van der Waals surface area (Å²) in [5, 5.41) is 9.81. The molecule has 1 amide bonds. The van der Waals surface area contributed by atoms with E-state index in [9.17, 15) is 9.90 Å². The van der Waals surface area contributed by atoms with Crippen LogP contribution < -0.4 is 0 Å². The van der Waals surface area contributed by atoms with Gasteiger partial charge < -0.3 is 19.6 Å². The van der Waals surface area contributed by atoms with E-state index in [1.165, 1.54) is 11.1 Å². The molecule has 2 fully saturated rings. The summed E-state index contributed by atoms with van der Waals surface area (Å²) in [5.74, 6) is 0.359. The second-order valence-electron chi connectivity index (χ2n) is 7.46. The zero-order chi connectivity index (χ0) is 18.5. The van der Waals surface area contributed by atoms with Crippen molar-refractivity contribution in [1.82, 2.24) is 9.80 Å². The molecule has 1 aliphatic heterocycles. The zero-order valence-electron chi connectivity index (χ0n) is 15.8. The average molecular weight is 358 g/mol. The molecule has 1 N–H and O–H groups in total. The van der Waals surface area contributed by atoms with Crippen molar-refractivity contribution < 1.29 is 14.6 Å². The lowest BCUT2D eigenvalue weighted by atomic mass is 10.0. The summed E-state index contributed by atoms with van der Waals surface area (Å²) >= 11 is 0. The molecule has 1 heterocycles. The molecule has 0 unspecified atom stereocenters. The van der Waals surface area contributed by atoms with E-state index in [-0.39, 0.29) is 12.1 Å². The van der Waals surface area contributed by atoms with Gasteiger partial charge in [0.15, 0.2) is 0 Å². The maximum absolute atomic E-state index is 11.9. The second-order valence-corrected chi connectivity index (χ2v) is 7.46. The highest BCUT2D eigenvalue weighted by atomic mass is 16.5. The van der Waals surface area contributed by atoms with Gasteiger partial charge in [0.25, 0.3) is 0 Å². The van der Waals surface area contributed by atoms with Crippen molar-refractivity contribution in [2.45, 2.75) is 38.3 Å². The van der Waals surface area contributed by atoms with Crippen LogP contribution in [0.15, 0.2) is 35.9 Å².